The number of hydrogen-bond acceptors (Lipinski definition) is 2. The van der Waals surface area contributed by atoms with Gasteiger partial charge in [0.25, 0.3) is 0 Å². The Labute approximate surface area is 149 Å². The molecule has 1 aliphatic carbocycles. The van der Waals surface area contributed by atoms with Crippen LogP contribution in [0, 0.1) is 5.92 Å². The Morgan fingerprint density at radius 3 is 2.50 bits per heavy atom. The van der Waals surface area contributed by atoms with E-state index in [2.05, 4.69) is 10.3 Å². The molecule has 4 rings (SSSR count). The molecule has 1 heterocycles. The highest BCUT2D eigenvalue weighted by Crippen LogP contribution is 2.36. The first-order valence-corrected chi connectivity index (χ1v) is 8.52. The number of aromatic nitrogens is 1. The fourth-order valence-electron chi connectivity index (χ4n) is 2.71. The minimum Gasteiger partial charge on any atom is -0.310 e. The molecule has 5 heteroatoms. The molecule has 24 heavy (non-hydrogen) atoms. The van der Waals surface area contributed by atoms with Crippen molar-refractivity contribution in [3.05, 3.63) is 58.7 Å². The van der Waals surface area contributed by atoms with Crippen LogP contribution in [0.15, 0.2) is 48.7 Å². The number of nitrogens with one attached hydrogen (secondary N) is 1. The highest BCUT2D eigenvalue weighted by molar-refractivity contribution is 6.39. The summed E-state index contributed by atoms with van der Waals surface area (Å²) in [6.07, 6.45) is 3.69. The van der Waals surface area contributed by atoms with Crippen LogP contribution in [0.5, 0.6) is 0 Å². The Bertz CT molecular complexity index is 931. The zero-order chi connectivity index (χ0) is 16.7. The summed E-state index contributed by atoms with van der Waals surface area (Å²) in [7, 11) is 0. The summed E-state index contributed by atoms with van der Waals surface area (Å²) < 4.78 is 0. The maximum absolute atomic E-state index is 11.9. The van der Waals surface area contributed by atoms with Gasteiger partial charge in [0.1, 0.15) is 5.82 Å². The van der Waals surface area contributed by atoms with Crippen LogP contribution in [0.4, 0.5) is 5.82 Å². The van der Waals surface area contributed by atoms with Crippen molar-refractivity contribution in [1.82, 2.24) is 4.98 Å². The maximum Gasteiger partial charge on any atom is 0.228 e. The molecule has 0 spiro atoms. The molecule has 0 aliphatic heterocycles. The summed E-state index contributed by atoms with van der Waals surface area (Å²) >= 11 is 12.6. The van der Waals surface area contributed by atoms with Gasteiger partial charge in [0, 0.05) is 33.1 Å². The smallest absolute Gasteiger partial charge is 0.228 e. The number of carbonyl (C=O) groups is 1. The SMILES string of the molecule is O=C(Nc1cc2cc(-c3c(Cl)cccc3Cl)ccc2cn1)C1CC1. The molecule has 1 aliphatic rings. The first-order valence-electron chi connectivity index (χ1n) is 7.77. The van der Waals surface area contributed by atoms with Crippen molar-refractivity contribution in [2.45, 2.75) is 12.8 Å². The van der Waals surface area contributed by atoms with Crippen LogP contribution in [-0.2, 0) is 4.79 Å². The van der Waals surface area contributed by atoms with Crippen molar-refractivity contribution in [2.75, 3.05) is 5.32 Å². The first kappa shape index (κ1) is 15.4. The van der Waals surface area contributed by atoms with E-state index in [1.807, 2.05) is 42.5 Å². The molecule has 0 radical (unpaired) electrons. The second-order valence-corrected chi connectivity index (χ2v) is 6.81. The van der Waals surface area contributed by atoms with Crippen LogP contribution >= 0.6 is 23.2 Å². The van der Waals surface area contributed by atoms with Gasteiger partial charge in [0.2, 0.25) is 5.91 Å². The van der Waals surface area contributed by atoms with Gasteiger partial charge in [-0.25, -0.2) is 4.98 Å². The van der Waals surface area contributed by atoms with Gasteiger partial charge in [-0.1, -0.05) is 41.4 Å². The Balaban J connectivity index is 1.74. The van der Waals surface area contributed by atoms with E-state index in [1.165, 1.54) is 0 Å². The Morgan fingerprint density at radius 2 is 1.79 bits per heavy atom. The summed E-state index contributed by atoms with van der Waals surface area (Å²) in [6, 6.07) is 13.3. The van der Waals surface area contributed by atoms with E-state index in [0.29, 0.717) is 15.9 Å². The quantitative estimate of drug-likeness (QED) is 0.667. The monoisotopic (exact) mass is 356 g/mol. The van der Waals surface area contributed by atoms with Crippen molar-refractivity contribution in [1.29, 1.82) is 0 Å². The molecule has 1 saturated carbocycles. The zero-order valence-corrected chi connectivity index (χ0v) is 14.2. The normalized spacial score (nSPS) is 13.9. The average Bonchev–Trinajstić information content (AvgIpc) is 3.39. The summed E-state index contributed by atoms with van der Waals surface area (Å²) in [5.74, 6) is 0.768. The van der Waals surface area contributed by atoms with Gasteiger partial charge >= 0.3 is 0 Å². The van der Waals surface area contributed by atoms with Crippen LogP contribution in [0.3, 0.4) is 0 Å². The van der Waals surface area contributed by atoms with Gasteiger partial charge in [-0.15, -0.1) is 0 Å². The molecular formula is C19H14Cl2N2O. The van der Waals surface area contributed by atoms with E-state index >= 15 is 0 Å². The lowest BCUT2D eigenvalue weighted by atomic mass is 10.0. The van der Waals surface area contributed by atoms with E-state index in [1.54, 1.807) is 6.20 Å². The number of anilines is 1. The van der Waals surface area contributed by atoms with Crippen molar-refractivity contribution in [2.24, 2.45) is 5.92 Å². The van der Waals surface area contributed by atoms with Gasteiger partial charge in [0.05, 0.1) is 0 Å². The van der Waals surface area contributed by atoms with Crippen molar-refractivity contribution in [3.8, 4) is 11.1 Å². The first-order chi connectivity index (χ1) is 11.6. The summed E-state index contributed by atoms with van der Waals surface area (Å²) in [4.78, 5) is 16.2. The third-order valence-electron chi connectivity index (χ3n) is 4.17. The molecule has 0 saturated heterocycles. The number of rotatable bonds is 3. The van der Waals surface area contributed by atoms with E-state index in [0.717, 1.165) is 34.7 Å². The Morgan fingerprint density at radius 1 is 1.04 bits per heavy atom. The Kier molecular flexibility index (Phi) is 3.91. The third-order valence-corrected chi connectivity index (χ3v) is 4.80. The number of pyridine rings is 1. The van der Waals surface area contributed by atoms with Gasteiger partial charge in [0.15, 0.2) is 0 Å². The van der Waals surface area contributed by atoms with E-state index < -0.39 is 0 Å². The van der Waals surface area contributed by atoms with E-state index in [9.17, 15) is 4.79 Å². The lowest BCUT2D eigenvalue weighted by molar-refractivity contribution is -0.117. The molecule has 3 nitrogen and oxygen atoms in total. The second-order valence-electron chi connectivity index (χ2n) is 5.99. The number of benzene rings is 2. The van der Waals surface area contributed by atoms with Crippen molar-refractivity contribution >= 4 is 45.7 Å². The second kappa shape index (κ2) is 6.08. The third kappa shape index (κ3) is 2.97. The van der Waals surface area contributed by atoms with Crippen molar-refractivity contribution in [3.63, 3.8) is 0 Å². The van der Waals surface area contributed by atoms with E-state index in [4.69, 9.17) is 23.2 Å². The molecule has 2 aromatic carbocycles. The summed E-state index contributed by atoms with van der Waals surface area (Å²) in [6.45, 7) is 0. The highest BCUT2D eigenvalue weighted by atomic mass is 35.5. The average molecular weight is 357 g/mol. The van der Waals surface area contributed by atoms with Crippen LogP contribution < -0.4 is 5.32 Å². The maximum atomic E-state index is 11.9. The Hall–Kier alpha value is -2.10. The molecular weight excluding hydrogens is 343 g/mol. The molecule has 0 atom stereocenters. The minimum absolute atomic E-state index is 0.0483. The number of amides is 1. The molecule has 1 N–H and O–H groups in total. The largest absolute Gasteiger partial charge is 0.310 e. The molecule has 1 fully saturated rings. The van der Waals surface area contributed by atoms with Gasteiger partial charge < -0.3 is 5.32 Å². The summed E-state index contributed by atoms with van der Waals surface area (Å²) in [5.41, 5.74) is 1.74. The molecule has 3 aromatic rings. The highest BCUT2D eigenvalue weighted by Gasteiger charge is 2.29. The number of nitrogens with zero attached hydrogens (tertiary/aromatic N) is 1. The molecule has 120 valence electrons. The number of halogens is 2. The topological polar surface area (TPSA) is 42.0 Å². The number of carbonyl (C=O) groups excluding carboxylic acids is 1. The molecule has 0 bridgehead atoms. The standard InChI is InChI=1S/C19H14Cl2N2O/c20-15-2-1-3-16(21)18(15)12-6-7-13-10-22-17(9-14(13)8-12)23-19(24)11-4-5-11/h1-3,6-11H,4-5H2,(H,22,23,24). The predicted molar refractivity (Wildman–Crippen MR) is 98.6 cm³/mol. The van der Waals surface area contributed by atoms with Gasteiger partial charge in [-0.3, -0.25) is 4.79 Å². The lowest BCUT2D eigenvalue weighted by Crippen LogP contribution is -2.14. The lowest BCUT2D eigenvalue weighted by Gasteiger charge is -2.09. The predicted octanol–water partition coefficient (Wildman–Crippen LogP) is 5.56. The zero-order valence-electron chi connectivity index (χ0n) is 12.7. The number of hydrogen-bond donors (Lipinski definition) is 1. The van der Waals surface area contributed by atoms with Gasteiger partial charge in [-0.05, 0) is 48.1 Å². The molecule has 1 amide bonds. The van der Waals surface area contributed by atoms with Crippen LogP contribution in [0.25, 0.3) is 21.9 Å². The fraction of sp³-hybridized carbons (Fsp3) is 0.158. The van der Waals surface area contributed by atoms with Gasteiger partial charge in [-0.2, -0.15) is 0 Å². The van der Waals surface area contributed by atoms with Crippen LogP contribution in [0.2, 0.25) is 10.0 Å². The minimum atomic E-state index is 0.0483. The van der Waals surface area contributed by atoms with Crippen LogP contribution in [-0.4, -0.2) is 10.9 Å². The van der Waals surface area contributed by atoms with E-state index in [-0.39, 0.29) is 11.8 Å². The fourth-order valence-corrected chi connectivity index (χ4v) is 3.33. The molecule has 0 unspecified atom stereocenters. The molecule has 1 aromatic heterocycles. The van der Waals surface area contributed by atoms with Crippen LogP contribution in [0.1, 0.15) is 12.8 Å². The number of fused-ring (bicyclic) bond motifs is 1. The van der Waals surface area contributed by atoms with Crippen molar-refractivity contribution < 1.29 is 4.79 Å². The summed E-state index contributed by atoms with van der Waals surface area (Å²) in [5, 5.41) is 6.06.